The number of nitrogens with two attached hydrogens (primary N) is 1. The molecule has 82 valence electrons. The lowest BCUT2D eigenvalue weighted by Gasteiger charge is -2.46. The van der Waals surface area contributed by atoms with Gasteiger partial charge in [0.05, 0.1) is 6.10 Å². The fraction of sp³-hybridized carbons (Fsp3) is 1.00. The van der Waals surface area contributed by atoms with E-state index in [0.717, 1.165) is 24.3 Å². The van der Waals surface area contributed by atoms with Crippen LogP contribution in [0.15, 0.2) is 0 Å². The second-order valence-corrected chi connectivity index (χ2v) is 4.96. The Labute approximate surface area is 87.2 Å². The van der Waals surface area contributed by atoms with E-state index in [1.165, 1.54) is 38.5 Å². The highest BCUT2D eigenvalue weighted by Crippen LogP contribution is 2.45. The van der Waals surface area contributed by atoms with Crippen LogP contribution >= 0.6 is 0 Å². The van der Waals surface area contributed by atoms with Crippen LogP contribution in [0.3, 0.4) is 0 Å². The van der Waals surface area contributed by atoms with Gasteiger partial charge < -0.3 is 10.5 Å². The molecule has 0 heterocycles. The Morgan fingerprint density at radius 2 is 1.86 bits per heavy atom. The molecule has 2 heteroatoms. The fourth-order valence-corrected chi connectivity index (χ4v) is 3.36. The largest absolute Gasteiger partial charge is 0.381 e. The van der Waals surface area contributed by atoms with Crippen molar-refractivity contribution in [1.82, 2.24) is 0 Å². The summed E-state index contributed by atoms with van der Waals surface area (Å²) in [7, 11) is 1.87. The van der Waals surface area contributed by atoms with E-state index in [1.54, 1.807) is 0 Å². The number of rotatable bonds is 3. The van der Waals surface area contributed by atoms with E-state index < -0.39 is 0 Å². The van der Waals surface area contributed by atoms with Crippen molar-refractivity contribution in [2.24, 2.45) is 23.5 Å². The second kappa shape index (κ2) is 4.63. The van der Waals surface area contributed by atoms with Crippen molar-refractivity contribution < 1.29 is 4.74 Å². The van der Waals surface area contributed by atoms with Crippen molar-refractivity contribution in [3.63, 3.8) is 0 Å². The predicted molar refractivity (Wildman–Crippen MR) is 58.0 cm³/mol. The maximum absolute atomic E-state index is 5.78. The van der Waals surface area contributed by atoms with Gasteiger partial charge in [0.1, 0.15) is 0 Å². The van der Waals surface area contributed by atoms with Crippen molar-refractivity contribution in [2.75, 3.05) is 13.7 Å². The summed E-state index contributed by atoms with van der Waals surface area (Å²) < 4.78 is 5.61. The topological polar surface area (TPSA) is 35.2 Å². The van der Waals surface area contributed by atoms with Gasteiger partial charge in [-0.2, -0.15) is 0 Å². The van der Waals surface area contributed by atoms with Crippen molar-refractivity contribution in [1.29, 1.82) is 0 Å². The summed E-state index contributed by atoms with van der Waals surface area (Å²) >= 11 is 0. The van der Waals surface area contributed by atoms with Gasteiger partial charge in [-0.05, 0) is 50.0 Å². The van der Waals surface area contributed by atoms with E-state index in [4.69, 9.17) is 10.5 Å². The van der Waals surface area contributed by atoms with Crippen LogP contribution in [-0.2, 0) is 4.74 Å². The molecule has 0 bridgehead atoms. The molecule has 14 heavy (non-hydrogen) atoms. The van der Waals surface area contributed by atoms with Crippen LogP contribution in [-0.4, -0.2) is 19.8 Å². The zero-order chi connectivity index (χ0) is 9.97. The first-order chi connectivity index (χ1) is 6.86. The normalized spacial score (nSPS) is 43.3. The molecule has 0 spiro atoms. The first kappa shape index (κ1) is 10.4. The van der Waals surface area contributed by atoms with E-state index in [1.807, 2.05) is 7.11 Å². The van der Waals surface area contributed by atoms with Crippen molar-refractivity contribution in [3.8, 4) is 0 Å². The minimum Gasteiger partial charge on any atom is -0.381 e. The minimum absolute atomic E-state index is 0.531. The highest BCUT2D eigenvalue weighted by molar-refractivity contribution is 4.91. The lowest BCUT2D eigenvalue weighted by Crippen LogP contribution is -2.43. The lowest BCUT2D eigenvalue weighted by molar-refractivity contribution is -0.0400. The Hall–Kier alpha value is -0.0800. The highest BCUT2D eigenvalue weighted by Gasteiger charge is 2.40. The lowest BCUT2D eigenvalue weighted by atomic mass is 9.62. The van der Waals surface area contributed by atoms with Crippen LogP contribution in [0.2, 0.25) is 0 Å². The molecule has 2 rings (SSSR count). The summed E-state index contributed by atoms with van der Waals surface area (Å²) in [5.41, 5.74) is 5.78. The second-order valence-electron chi connectivity index (χ2n) is 4.96. The maximum Gasteiger partial charge on any atom is 0.0602 e. The third kappa shape index (κ3) is 1.82. The monoisotopic (exact) mass is 197 g/mol. The fourth-order valence-electron chi connectivity index (χ4n) is 3.36. The summed E-state index contributed by atoms with van der Waals surface area (Å²) in [6, 6.07) is 0. The molecule has 2 nitrogen and oxygen atoms in total. The van der Waals surface area contributed by atoms with Gasteiger partial charge >= 0.3 is 0 Å². The average molecular weight is 197 g/mol. The minimum atomic E-state index is 0.531. The van der Waals surface area contributed by atoms with Gasteiger partial charge in [-0.1, -0.05) is 12.8 Å². The molecule has 2 saturated carbocycles. The van der Waals surface area contributed by atoms with Gasteiger partial charge in [-0.3, -0.25) is 0 Å². The van der Waals surface area contributed by atoms with E-state index >= 15 is 0 Å². The zero-order valence-corrected chi connectivity index (χ0v) is 9.24. The number of methoxy groups -OCH3 is 1. The van der Waals surface area contributed by atoms with Crippen LogP contribution in [0.5, 0.6) is 0 Å². The van der Waals surface area contributed by atoms with Gasteiger partial charge in [-0.25, -0.2) is 0 Å². The summed E-state index contributed by atoms with van der Waals surface area (Å²) in [6.07, 6.45) is 8.69. The number of hydrogen-bond donors (Lipinski definition) is 1. The van der Waals surface area contributed by atoms with E-state index in [-0.39, 0.29) is 0 Å². The summed E-state index contributed by atoms with van der Waals surface area (Å²) in [5.74, 6) is 2.50. The first-order valence-corrected chi connectivity index (χ1v) is 6.09. The van der Waals surface area contributed by atoms with Crippen molar-refractivity contribution >= 4 is 0 Å². The summed E-state index contributed by atoms with van der Waals surface area (Å²) in [5, 5.41) is 0. The first-order valence-electron chi connectivity index (χ1n) is 6.09. The molecule has 4 unspecified atom stereocenters. The molecule has 2 aliphatic rings. The number of ether oxygens (including phenoxy) is 1. The molecular weight excluding hydrogens is 174 g/mol. The van der Waals surface area contributed by atoms with Gasteiger partial charge in [0, 0.05) is 7.11 Å². The highest BCUT2D eigenvalue weighted by atomic mass is 16.5. The molecule has 0 saturated heterocycles. The van der Waals surface area contributed by atoms with Crippen LogP contribution in [0.25, 0.3) is 0 Å². The van der Waals surface area contributed by atoms with Crippen molar-refractivity contribution in [3.05, 3.63) is 0 Å². The molecule has 0 aromatic rings. The molecule has 0 amide bonds. The Balaban J connectivity index is 1.93. The zero-order valence-electron chi connectivity index (χ0n) is 9.24. The van der Waals surface area contributed by atoms with Crippen LogP contribution in [0.1, 0.15) is 38.5 Å². The van der Waals surface area contributed by atoms with Crippen LogP contribution in [0.4, 0.5) is 0 Å². The van der Waals surface area contributed by atoms with E-state index in [0.29, 0.717) is 6.10 Å². The molecule has 0 aromatic carbocycles. The third-order valence-corrected chi connectivity index (χ3v) is 4.39. The van der Waals surface area contributed by atoms with Gasteiger partial charge in [0.25, 0.3) is 0 Å². The molecule has 4 atom stereocenters. The Morgan fingerprint density at radius 3 is 2.43 bits per heavy atom. The molecule has 0 radical (unpaired) electrons. The molecule has 2 aliphatic carbocycles. The Morgan fingerprint density at radius 1 is 1.07 bits per heavy atom. The standard InChI is InChI=1S/C12H23NO/c1-14-12-5-3-2-4-11(12)10-7-6-9(10)8-13/h9-12H,2-8,13H2,1H3. The quantitative estimate of drug-likeness (QED) is 0.752. The van der Waals surface area contributed by atoms with E-state index in [9.17, 15) is 0 Å². The summed E-state index contributed by atoms with van der Waals surface area (Å²) in [6.45, 7) is 0.887. The third-order valence-electron chi connectivity index (χ3n) is 4.39. The molecule has 2 N–H and O–H groups in total. The molecule has 0 aliphatic heterocycles. The van der Waals surface area contributed by atoms with Gasteiger partial charge in [0.2, 0.25) is 0 Å². The van der Waals surface area contributed by atoms with Gasteiger partial charge in [0.15, 0.2) is 0 Å². The molecule has 0 aromatic heterocycles. The molecule has 2 fully saturated rings. The van der Waals surface area contributed by atoms with Crippen LogP contribution < -0.4 is 5.73 Å². The van der Waals surface area contributed by atoms with Gasteiger partial charge in [-0.15, -0.1) is 0 Å². The Kier molecular flexibility index (Phi) is 3.45. The smallest absolute Gasteiger partial charge is 0.0602 e. The Bertz CT molecular complexity index is 181. The average Bonchev–Trinajstić information content (AvgIpc) is 2.18. The predicted octanol–water partition coefficient (Wildman–Crippen LogP) is 2.18. The van der Waals surface area contributed by atoms with Crippen LogP contribution in [0, 0.1) is 17.8 Å². The summed E-state index contributed by atoms with van der Waals surface area (Å²) in [4.78, 5) is 0. The maximum atomic E-state index is 5.78. The number of hydrogen-bond acceptors (Lipinski definition) is 2. The SMILES string of the molecule is COC1CCCCC1C1CCC1CN. The van der Waals surface area contributed by atoms with Crippen molar-refractivity contribution in [2.45, 2.75) is 44.6 Å². The van der Waals surface area contributed by atoms with E-state index in [2.05, 4.69) is 0 Å². The molecular formula is C12H23NO.